The average Bonchev–Trinajstić information content (AvgIpc) is 2.85. The van der Waals surface area contributed by atoms with Crippen LogP contribution >= 0.6 is 0 Å². The number of hydrogen-bond acceptors (Lipinski definition) is 3. The summed E-state index contributed by atoms with van der Waals surface area (Å²) in [7, 11) is 0. The summed E-state index contributed by atoms with van der Waals surface area (Å²) in [4.78, 5) is 2.69. The zero-order valence-corrected chi connectivity index (χ0v) is 10.9. The minimum atomic E-state index is 0.491. The molecule has 3 atom stereocenters. The minimum Gasteiger partial charge on any atom is -0.377 e. The average molecular weight is 238 g/mol. The molecule has 0 radical (unpaired) electrons. The second-order valence-corrected chi connectivity index (χ2v) is 5.95. The van der Waals surface area contributed by atoms with Gasteiger partial charge in [0.05, 0.1) is 6.10 Å². The van der Waals surface area contributed by atoms with Crippen LogP contribution in [0.15, 0.2) is 0 Å². The van der Waals surface area contributed by atoms with Gasteiger partial charge < -0.3 is 15.0 Å². The van der Waals surface area contributed by atoms with Gasteiger partial charge in [-0.05, 0) is 58.0 Å². The Bertz CT molecular complexity index is 240. The van der Waals surface area contributed by atoms with Crippen molar-refractivity contribution < 1.29 is 4.74 Å². The highest BCUT2D eigenvalue weighted by Crippen LogP contribution is 2.26. The van der Waals surface area contributed by atoms with E-state index < -0.39 is 0 Å². The van der Waals surface area contributed by atoms with Gasteiger partial charge in [0.1, 0.15) is 0 Å². The van der Waals surface area contributed by atoms with Crippen LogP contribution in [0, 0.1) is 0 Å². The third kappa shape index (κ3) is 3.01. The van der Waals surface area contributed by atoms with Gasteiger partial charge in [-0.15, -0.1) is 0 Å². The number of piperidine rings is 1. The lowest BCUT2D eigenvalue weighted by Gasteiger charge is -2.36. The summed E-state index contributed by atoms with van der Waals surface area (Å²) in [6, 6.07) is 1.63. The van der Waals surface area contributed by atoms with Gasteiger partial charge in [0.15, 0.2) is 0 Å². The molecule has 17 heavy (non-hydrogen) atoms. The summed E-state index contributed by atoms with van der Waals surface area (Å²) in [5.41, 5.74) is 0. The monoisotopic (exact) mass is 238 g/mol. The van der Waals surface area contributed by atoms with E-state index in [2.05, 4.69) is 10.2 Å². The molecule has 3 heterocycles. The Morgan fingerprint density at radius 2 is 2.06 bits per heavy atom. The van der Waals surface area contributed by atoms with Crippen LogP contribution in [-0.2, 0) is 4.74 Å². The van der Waals surface area contributed by atoms with Gasteiger partial charge >= 0.3 is 0 Å². The molecular weight excluding hydrogens is 212 g/mol. The molecule has 0 aromatic carbocycles. The first-order chi connectivity index (χ1) is 8.42. The van der Waals surface area contributed by atoms with E-state index in [9.17, 15) is 0 Å². The molecule has 0 spiro atoms. The fourth-order valence-electron chi connectivity index (χ4n) is 3.68. The Kier molecular flexibility index (Phi) is 3.99. The van der Waals surface area contributed by atoms with Gasteiger partial charge in [0.2, 0.25) is 0 Å². The molecule has 3 saturated heterocycles. The van der Waals surface area contributed by atoms with Crippen LogP contribution < -0.4 is 5.32 Å². The lowest BCUT2D eigenvalue weighted by atomic mass is 9.97. The summed E-state index contributed by atoms with van der Waals surface area (Å²) < 4.78 is 5.78. The molecule has 3 fully saturated rings. The molecular formula is C14H26N2O. The normalized spacial score (nSPS) is 39.2. The molecule has 3 rings (SSSR count). The second-order valence-electron chi connectivity index (χ2n) is 5.95. The van der Waals surface area contributed by atoms with Crippen molar-refractivity contribution in [1.29, 1.82) is 0 Å². The van der Waals surface area contributed by atoms with Crippen LogP contribution in [0.2, 0.25) is 0 Å². The van der Waals surface area contributed by atoms with Crippen molar-refractivity contribution in [2.24, 2.45) is 0 Å². The fourth-order valence-corrected chi connectivity index (χ4v) is 3.68. The molecule has 0 aromatic heterocycles. The predicted octanol–water partition coefficient (Wildman–Crippen LogP) is 1.77. The lowest BCUT2D eigenvalue weighted by Crippen LogP contribution is -2.47. The molecule has 0 bridgehead atoms. The van der Waals surface area contributed by atoms with E-state index in [-0.39, 0.29) is 0 Å². The first-order valence-corrected chi connectivity index (χ1v) is 7.51. The van der Waals surface area contributed by atoms with Gasteiger partial charge in [-0.1, -0.05) is 0 Å². The van der Waals surface area contributed by atoms with Crippen LogP contribution in [0.5, 0.6) is 0 Å². The van der Waals surface area contributed by atoms with E-state index in [0.29, 0.717) is 6.10 Å². The predicted molar refractivity (Wildman–Crippen MR) is 69.2 cm³/mol. The Balaban J connectivity index is 1.40. The van der Waals surface area contributed by atoms with Crippen LogP contribution in [0.4, 0.5) is 0 Å². The number of rotatable bonds is 3. The number of ether oxygens (including phenoxy) is 1. The highest BCUT2D eigenvalue weighted by molar-refractivity contribution is 4.89. The minimum absolute atomic E-state index is 0.491. The zero-order chi connectivity index (χ0) is 11.5. The van der Waals surface area contributed by atoms with Crippen molar-refractivity contribution in [3.63, 3.8) is 0 Å². The summed E-state index contributed by atoms with van der Waals surface area (Å²) >= 11 is 0. The number of nitrogens with zero attached hydrogens (tertiary/aromatic N) is 1. The number of nitrogens with one attached hydrogen (secondary N) is 1. The van der Waals surface area contributed by atoms with Gasteiger partial charge in [0.25, 0.3) is 0 Å². The molecule has 3 aliphatic heterocycles. The number of fused-ring (bicyclic) bond motifs is 1. The topological polar surface area (TPSA) is 24.5 Å². The maximum atomic E-state index is 5.78. The highest BCUT2D eigenvalue weighted by atomic mass is 16.5. The van der Waals surface area contributed by atoms with Crippen LogP contribution in [0.1, 0.15) is 44.9 Å². The van der Waals surface area contributed by atoms with Gasteiger partial charge in [0, 0.05) is 25.2 Å². The molecule has 3 heteroatoms. The Morgan fingerprint density at radius 3 is 2.94 bits per heavy atom. The lowest BCUT2D eigenvalue weighted by molar-refractivity contribution is 0.0133. The van der Waals surface area contributed by atoms with Crippen molar-refractivity contribution in [1.82, 2.24) is 10.2 Å². The van der Waals surface area contributed by atoms with Gasteiger partial charge in [-0.3, -0.25) is 0 Å². The van der Waals surface area contributed by atoms with E-state index in [0.717, 1.165) is 25.2 Å². The Labute approximate surface area is 105 Å². The fraction of sp³-hybridized carbons (Fsp3) is 1.00. The van der Waals surface area contributed by atoms with E-state index in [1.165, 1.54) is 58.0 Å². The highest BCUT2D eigenvalue weighted by Gasteiger charge is 2.31. The molecule has 0 amide bonds. The maximum Gasteiger partial charge on any atom is 0.0699 e. The van der Waals surface area contributed by atoms with E-state index >= 15 is 0 Å². The van der Waals surface area contributed by atoms with Crippen molar-refractivity contribution in [2.75, 3.05) is 26.2 Å². The van der Waals surface area contributed by atoms with Gasteiger partial charge in [-0.25, -0.2) is 0 Å². The number of hydrogen-bond donors (Lipinski definition) is 1. The van der Waals surface area contributed by atoms with Gasteiger partial charge in [-0.2, -0.15) is 0 Å². The molecule has 3 aliphatic rings. The Morgan fingerprint density at radius 1 is 1.06 bits per heavy atom. The second kappa shape index (κ2) is 5.68. The SMILES string of the molecule is C1CCC(CNC2CCN3CCCC3C2)OC1. The third-order valence-electron chi connectivity index (χ3n) is 4.73. The van der Waals surface area contributed by atoms with E-state index in [1.54, 1.807) is 0 Å². The summed E-state index contributed by atoms with van der Waals surface area (Å²) in [5.74, 6) is 0. The summed E-state index contributed by atoms with van der Waals surface area (Å²) in [6.07, 6.45) is 9.92. The van der Waals surface area contributed by atoms with Crippen molar-refractivity contribution in [2.45, 2.75) is 63.1 Å². The maximum absolute atomic E-state index is 5.78. The molecule has 0 saturated carbocycles. The molecule has 0 aliphatic carbocycles. The van der Waals surface area contributed by atoms with Crippen LogP contribution in [-0.4, -0.2) is 49.3 Å². The molecule has 3 unspecified atom stereocenters. The molecule has 3 nitrogen and oxygen atoms in total. The first-order valence-electron chi connectivity index (χ1n) is 7.51. The van der Waals surface area contributed by atoms with Crippen LogP contribution in [0.3, 0.4) is 0 Å². The van der Waals surface area contributed by atoms with Crippen molar-refractivity contribution >= 4 is 0 Å². The third-order valence-corrected chi connectivity index (χ3v) is 4.73. The summed E-state index contributed by atoms with van der Waals surface area (Å²) in [6.45, 7) is 4.72. The quantitative estimate of drug-likeness (QED) is 0.811. The van der Waals surface area contributed by atoms with Crippen LogP contribution in [0.25, 0.3) is 0 Å². The van der Waals surface area contributed by atoms with Crippen molar-refractivity contribution in [3.8, 4) is 0 Å². The van der Waals surface area contributed by atoms with E-state index in [1.807, 2.05) is 0 Å². The first kappa shape index (κ1) is 11.9. The summed E-state index contributed by atoms with van der Waals surface area (Å²) in [5, 5.41) is 3.75. The molecule has 98 valence electrons. The Hall–Kier alpha value is -0.120. The van der Waals surface area contributed by atoms with Crippen molar-refractivity contribution in [3.05, 3.63) is 0 Å². The largest absolute Gasteiger partial charge is 0.377 e. The van der Waals surface area contributed by atoms with E-state index in [4.69, 9.17) is 4.74 Å². The molecule has 0 aromatic rings. The molecule has 1 N–H and O–H groups in total. The smallest absolute Gasteiger partial charge is 0.0699 e. The standard InChI is InChI=1S/C14H26N2O/c1-2-9-17-14(5-1)11-15-12-6-8-16-7-3-4-13(16)10-12/h12-15H,1-11H2. The zero-order valence-electron chi connectivity index (χ0n) is 10.9.